The van der Waals surface area contributed by atoms with Crippen LogP contribution in [0.3, 0.4) is 0 Å². The molecule has 1 aromatic rings. The van der Waals surface area contributed by atoms with Crippen molar-refractivity contribution in [1.29, 1.82) is 0 Å². The molecule has 1 aliphatic carbocycles. The van der Waals surface area contributed by atoms with Crippen LogP contribution in [-0.4, -0.2) is 23.3 Å². The standard InChI is InChI=1S/C14H22N2O/c1-3-13(11-15-12-5-6-12)16(8-1)9-7-14-4-2-10-17-14/h1,3,8,12,14-15H,2,4-7,9-11H2. The Labute approximate surface area is 103 Å². The predicted octanol–water partition coefficient (Wildman–Crippen LogP) is 2.31. The molecule has 0 amide bonds. The van der Waals surface area contributed by atoms with Crippen molar-refractivity contribution < 1.29 is 4.74 Å². The molecule has 1 unspecified atom stereocenters. The van der Waals surface area contributed by atoms with Crippen LogP contribution in [0.15, 0.2) is 18.3 Å². The van der Waals surface area contributed by atoms with Crippen LogP contribution in [0, 0.1) is 0 Å². The van der Waals surface area contributed by atoms with E-state index in [1.807, 2.05) is 0 Å². The molecular formula is C14H22N2O. The SMILES string of the molecule is c1cc(CNC2CC2)n(CCC2CCCO2)c1. The molecule has 1 aliphatic heterocycles. The lowest BCUT2D eigenvalue weighted by Gasteiger charge is -2.13. The van der Waals surface area contributed by atoms with E-state index in [0.29, 0.717) is 6.10 Å². The lowest BCUT2D eigenvalue weighted by Crippen LogP contribution is -2.19. The first-order valence-corrected chi connectivity index (χ1v) is 6.91. The molecule has 1 saturated carbocycles. The van der Waals surface area contributed by atoms with Gasteiger partial charge in [0.15, 0.2) is 0 Å². The Hall–Kier alpha value is -0.800. The number of rotatable bonds is 6. The molecule has 94 valence electrons. The summed E-state index contributed by atoms with van der Waals surface area (Å²) in [5.74, 6) is 0. The molecule has 2 fully saturated rings. The highest BCUT2D eigenvalue weighted by molar-refractivity contribution is 5.07. The largest absolute Gasteiger partial charge is 0.378 e. The molecule has 0 aromatic carbocycles. The van der Waals surface area contributed by atoms with Crippen LogP contribution in [-0.2, 0) is 17.8 Å². The highest BCUT2D eigenvalue weighted by atomic mass is 16.5. The maximum atomic E-state index is 5.67. The van der Waals surface area contributed by atoms with Gasteiger partial charge in [-0.1, -0.05) is 0 Å². The zero-order valence-electron chi connectivity index (χ0n) is 10.4. The third-order valence-corrected chi connectivity index (χ3v) is 3.79. The first-order chi connectivity index (χ1) is 8.42. The van der Waals surface area contributed by atoms with Gasteiger partial charge in [-0.2, -0.15) is 0 Å². The van der Waals surface area contributed by atoms with Gasteiger partial charge < -0.3 is 14.6 Å². The summed E-state index contributed by atoms with van der Waals surface area (Å²) in [6, 6.07) is 5.17. The van der Waals surface area contributed by atoms with Crippen LogP contribution in [0.2, 0.25) is 0 Å². The molecule has 0 radical (unpaired) electrons. The first kappa shape index (κ1) is 11.3. The van der Waals surface area contributed by atoms with Crippen LogP contribution in [0.5, 0.6) is 0 Å². The Morgan fingerprint density at radius 1 is 1.35 bits per heavy atom. The van der Waals surface area contributed by atoms with Gasteiger partial charge in [0.05, 0.1) is 6.10 Å². The molecular weight excluding hydrogens is 212 g/mol. The number of aromatic nitrogens is 1. The van der Waals surface area contributed by atoms with E-state index >= 15 is 0 Å². The smallest absolute Gasteiger partial charge is 0.0593 e. The maximum Gasteiger partial charge on any atom is 0.0593 e. The number of ether oxygens (including phenoxy) is 1. The Morgan fingerprint density at radius 2 is 2.29 bits per heavy atom. The summed E-state index contributed by atoms with van der Waals surface area (Å²) in [5.41, 5.74) is 1.41. The average Bonchev–Trinajstić information content (AvgIpc) is 2.86. The van der Waals surface area contributed by atoms with Crippen molar-refractivity contribution in [2.45, 2.75) is 57.3 Å². The van der Waals surface area contributed by atoms with E-state index < -0.39 is 0 Å². The van der Waals surface area contributed by atoms with E-state index in [2.05, 4.69) is 28.2 Å². The quantitative estimate of drug-likeness (QED) is 0.817. The van der Waals surface area contributed by atoms with E-state index in [1.165, 1.54) is 31.4 Å². The summed E-state index contributed by atoms with van der Waals surface area (Å²) >= 11 is 0. The van der Waals surface area contributed by atoms with Gasteiger partial charge in [0.2, 0.25) is 0 Å². The minimum absolute atomic E-state index is 0.502. The fraction of sp³-hybridized carbons (Fsp3) is 0.714. The second-order valence-electron chi connectivity index (χ2n) is 5.27. The number of hydrogen-bond donors (Lipinski definition) is 1. The summed E-state index contributed by atoms with van der Waals surface area (Å²) in [6.45, 7) is 3.08. The molecule has 1 N–H and O–H groups in total. The van der Waals surface area contributed by atoms with Crippen molar-refractivity contribution in [3.63, 3.8) is 0 Å². The third kappa shape index (κ3) is 3.11. The highest BCUT2D eigenvalue weighted by Crippen LogP contribution is 2.20. The molecule has 1 aromatic heterocycles. The van der Waals surface area contributed by atoms with E-state index in [9.17, 15) is 0 Å². The van der Waals surface area contributed by atoms with E-state index in [-0.39, 0.29) is 0 Å². The molecule has 0 bridgehead atoms. The van der Waals surface area contributed by atoms with Crippen molar-refractivity contribution in [1.82, 2.24) is 9.88 Å². The van der Waals surface area contributed by atoms with Crippen molar-refractivity contribution in [3.8, 4) is 0 Å². The minimum Gasteiger partial charge on any atom is -0.378 e. The fourth-order valence-electron chi connectivity index (χ4n) is 2.52. The van der Waals surface area contributed by atoms with Gasteiger partial charge >= 0.3 is 0 Å². The maximum absolute atomic E-state index is 5.67. The van der Waals surface area contributed by atoms with Crippen molar-refractivity contribution in [2.75, 3.05) is 6.61 Å². The molecule has 1 atom stereocenters. The topological polar surface area (TPSA) is 26.2 Å². The monoisotopic (exact) mass is 234 g/mol. The normalized spacial score (nSPS) is 24.4. The number of aryl methyl sites for hydroxylation is 1. The van der Waals surface area contributed by atoms with Crippen LogP contribution in [0.1, 0.15) is 37.8 Å². The van der Waals surface area contributed by atoms with Crippen molar-refractivity contribution in [3.05, 3.63) is 24.0 Å². The molecule has 0 spiro atoms. The Kier molecular flexibility index (Phi) is 3.48. The average molecular weight is 234 g/mol. The number of nitrogens with one attached hydrogen (secondary N) is 1. The summed E-state index contributed by atoms with van der Waals surface area (Å²) < 4.78 is 8.04. The Morgan fingerprint density at radius 3 is 3.06 bits per heavy atom. The molecule has 1 saturated heterocycles. The van der Waals surface area contributed by atoms with E-state index in [0.717, 1.165) is 32.2 Å². The summed E-state index contributed by atoms with van der Waals surface area (Å²) in [6.07, 6.45) is 9.06. The molecule has 2 aliphatic rings. The Balaban J connectivity index is 1.48. The zero-order chi connectivity index (χ0) is 11.5. The Bertz CT molecular complexity index is 351. The van der Waals surface area contributed by atoms with Crippen LogP contribution < -0.4 is 5.32 Å². The number of hydrogen-bond acceptors (Lipinski definition) is 2. The molecule has 3 nitrogen and oxygen atoms in total. The van der Waals surface area contributed by atoms with Gasteiger partial charge in [-0.3, -0.25) is 0 Å². The second kappa shape index (κ2) is 5.23. The highest BCUT2D eigenvalue weighted by Gasteiger charge is 2.20. The first-order valence-electron chi connectivity index (χ1n) is 6.91. The van der Waals surface area contributed by atoms with Crippen LogP contribution in [0.4, 0.5) is 0 Å². The second-order valence-corrected chi connectivity index (χ2v) is 5.27. The molecule has 3 heteroatoms. The van der Waals surface area contributed by atoms with E-state index in [4.69, 9.17) is 4.74 Å². The van der Waals surface area contributed by atoms with Gasteiger partial charge in [-0.05, 0) is 44.2 Å². The predicted molar refractivity (Wildman–Crippen MR) is 67.9 cm³/mol. The fourth-order valence-corrected chi connectivity index (χ4v) is 2.52. The van der Waals surface area contributed by atoms with Crippen LogP contribution in [0.25, 0.3) is 0 Å². The van der Waals surface area contributed by atoms with Gasteiger partial charge in [-0.25, -0.2) is 0 Å². The lowest BCUT2D eigenvalue weighted by atomic mass is 10.2. The van der Waals surface area contributed by atoms with E-state index in [1.54, 1.807) is 0 Å². The lowest BCUT2D eigenvalue weighted by molar-refractivity contribution is 0.100. The molecule has 2 heterocycles. The molecule has 3 rings (SSSR count). The molecule has 17 heavy (non-hydrogen) atoms. The van der Waals surface area contributed by atoms with Gasteiger partial charge in [0.25, 0.3) is 0 Å². The summed E-state index contributed by atoms with van der Waals surface area (Å²) in [5, 5.41) is 3.58. The summed E-state index contributed by atoms with van der Waals surface area (Å²) in [7, 11) is 0. The summed E-state index contributed by atoms with van der Waals surface area (Å²) in [4.78, 5) is 0. The minimum atomic E-state index is 0.502. The number of nitrogens with zero attached hydrogens (tertiary/aromatic N) is 1. The zero-order valence-corrected chi connectivity index (χ0v) is 10.4. The van der Waals surface area contributed by atoms with Crippen LogP contribution >= 0.6 is 0 Å². The van der Waals surface area contributed by atoms with Gasteiger partial charge in [-0.15, -0.1) is 0 Å². The van der Waals surface area contributed by atoms with Gasteiger partial charge in [0, 0.05) is 37.6 Å². The van der Waals surface area contributed by atoms with Crippen molar-refractivity contribution >= 4 is 0 Å². The van der Waals surface area contributed by atoms with Gasteiger partial charge in [0.1, 0.15) is 0 Å². The third-order valence-electron chi connectivity index (χ3n) is 3.79. The van der Waals surface area contributed by atoms with Crippen molar-refractivity contribution in [2.24, 2.45) is 0 Å².